The molecular formula is C19H13NO. The minimum atomic E-state index is 0.291. The van der Waals surface area contributed by atoms with Crippen molar-refractivity contribution in [3.8, 4) is 5.75 Å². The topological polar surface area (TPSA) is 32.6 Å². The van der Waals surface area contributed by atoms with Crippen molar-refractivity contribution >= 4 is 34.3 Å². The highest BCUT2D eigenvalue weighted by atomic mass is 16.3. The molecule has 0 saturated heterocycles. The Bertz CT molecular complexity index is 906. The van der Waals surface area contributed by atoms with Gasteiger partial charge in [-0.1, -0.05) is 48.5 Å². The lowest BCUT2D eigenvalue weighted by atomic mass is 9.99. The van der Waals surface area contributed by atoms with Crippen molar-refractivity contribution in [2.75, 3.05) is 0 Å². The Morgan fingerprint density at radius 1 is 0.857 bits per heavy atom. The number of hydrogen-bond donors (Lipinski definition) is 1. The van der Waals surface area contributed by atoms with Gasteiger partial charge >= 0.3 is 0 Å². The molecule has 100 valence electrons. The normalized spacial score (nSPS) is 14.8. The third-order valence-electron chi connectivity index (χ3n) is 3.81. The SMILES string of the molecule is Oc1ccc2ccccc2c1C=C1C=Nc2ccccc21. The first kappa shape index (κ1) is 11.9. The highest BCUT2D eigenvalue weighted by Gasteiger charge is 2.13. The number of rotatable bonds is 1. The Labute approximate surface area is 122 Å². The lowest BCUT2D eigenvalue weighted by Crippen LogP contribution is -1.84. The van der Waals surface area contributed by atoms with Crippen LogP contribution < -0.4 is 0 Å². The summed E-state index contributed by atoms with van der Waals surface area (Å²) in [5, 5.41) is 12.4. The van der Waals surface area contributed by atoms with Gasteiger partial charge in [0.1, 0.15) is 5.75 Å². The molecule has 4 rings (SSSR count). The van der Waals surface area contributed by atoms with Crippen LogP contribution >= 0.6 is 0 Å². The number of hydrogen-bond acceptors (Lipinski definition) is 2. The molecule has 0 spiro atoms. The quantitative estimate of drug-likeness (QED) is 0.677. The Morgan fingerprint density at radius 3 is 2.62 bits per heavy atom. The van der Waals surface area contributed by atoms with E-state index in [1.807, 2.05) is 60.8 Å². The monoisotopic (exact) mass is 271 g/mol. The van der Waals surface area contributed by atoms with Crippen LogP contribution in [0.4, 0.5) is 5.69 Å². The summed E-state index contributed by atoms with van der Waals surface area (Å²) in [4.78, 5) is 4.41. The molecule has 3 aromatic rings. The first-order chi connectivity index (χ1) is 10.3. The van der Waals surface area contributed by atoms with E-state index in [0.717, 1.165) is 33.2 Å². The third kappa shape index (κ3) is 1.93. The summed E-state index contributed by atoms with van der Waals surface area (Å²) < 4.78 is 0. The maximum atomic E-state index is 10.2. The number of phenolic OH excluding ortho intramolecular Hbond substituents is 1. The number of para-hydroxylation sites is 1. The van der Waals surface area contributed by atoms with E-state index in [1.54, 1.807) is 6.07 Å². The van der Waals surface area contributed by atoms with Crippen molar-refractivity contribution in [1.82, 2.24) is 0 Å². The maximum Gasteiger partial charge on any atom is 0.123 e. The summed E-state index contributed by atoms with van der Waals surface area (Å²) >= 11 is 0. The molecule has 2 nitrogen and oxygen atoms in total. The van der Waals surface area contributed by atoms with E-state index >= 15 is 0 Å². The highest BCUT2D eigenvalue weighted by Crippen LogP contribution is 2.35. The Morgan fingerprint density at radius 2 is 1.67 bits per heavy atom. The summed E-state index contributed by atoms with van der Waals surface area (Å²) in [6.45, 7) is 0. The molecule has 1 N–H and O–H groups in total. The second-order valence-electron chi connectivity index (χ2n) is 5.09. The second-order valence-corrected chi connectivity index (χ2v) is 5.09. The van der Waals surface area contributed by atoms with Gasteiger partial charge in [-0.15, -0.1) is 0 Å². The van der Waals surface area contributed by atoms with E-state index in [0.29, 0.717) is 5.75 Å². The standard InChI is InChI=1S/C19H13NO/c21-19-10-9-13-5-1-2-6-15(13)17(19)11-14-12-20-18-8-4-3-7-16(14)18/h1-12,21H. The van der Waals surface area contributed by atoms with E-state index in [-0.39, 0.29) is 0 Å². The van der Waals surface area contributed by atoms with Gasteiger partial charge in [0.2, 0.25) is 0 Å². The molecule has 1 heterocycles. The number of aliphatic imine (C=N–C) groups is 1. The minimum absolute atomic E-state index is 0.291. The zero-order valence-corrected chi connectivity index (χ0v) is 11.3. The predicted molar refractivity (Wildman–Crippen MR) is 88.1 cm³/mol. The Hall–Kier alpha value is -2.87. The van der Waals surface area contributed by atoms with Gasteiger partial charge in [0.25, 0.3) is 0 Å². The van der Waals surface area contributed by atoms with Crippen LogP contribution in [-0.2, 0) is 0 Å². The fourth-order valence-electron chi connectivity index (χ4n) is 2.75. The number of nitrogens with zero attached hydrogens (tertiary/aromatic N) is 1. The first-order valence-electron chi connectivity index (χ1n) is 6.89. The number of fused-ring (bicyclic) bond motifs is 2. The zero-order valence-electron chi connectivity index (χ0n) is 11.3. The third-order valence-corrected chi connectivity index (χ3v) is 3.81. The molecule has 2 heteroatoms. The smallest absolute Gasteiger partial charge is 0.123 e. The fourth-order valence-corrected chi connectivity index (χ4v) is 2.75. The molecule has 0 radical (unpaired) electrons. The molecular weight excluding hydrogens is 258 g/mol. The van der Waals surface area contributed by atoms with Crippen LogP contribution in [0.1, 0.15) is 11.1 Å². The molecule has 3 aromatic carbocycles. The van der Waals surface area contributed by atoms with Crippen molar-refractivity contribution in [2.45, 2.75) is 0 Å². The van der Waals surface area contributed by atoms with E-state index in [1.165, 1.54) is 0 Å². The van der Waals surface area contributed by atoms with Gasteiger partial charge in [0, 0.05) is 22.9 Å². The molecule has 1 aliphatic heterocycles. The van der Waals surface area contributed by atoms with Gasteiger partial charge in [0.15, 0.2) is 0 Å². The van der Waals surface area contributed by atoms with Gasteiger partial charge in [-0.05, 0) is 29.0 Å². The van der Waals surface area contributed by atoms with E-state index in [4.69, 9.17) is 0 Å². The van der Waals surface area contributed by atoms with Crippen molar-refractivity contribution in [3.63, 3.8) is 0 Å². The maximum absolute atomic E-state index is 10.2. The fraction of sp³-hybridized carbons (Fsp3) is 0. The minimum Gasteiger partial charge on any atom is -0.507 e. The molecule has 0 atom stereocenters. The summed E-state index contributed by atoms with van der Waals surface area (Å²) in [5.74, 6) is 0.291. The van der Waals surface area contributed by atoms with Gasteiger partial charge < -0.3 is 5.11 Å². The number of allylic oxidation sites excluding steroid dienone is 1. The molecule has 0 amide bonds. The van der Waals surface area contributed by atoms with Gasteiger partial charge in [-0.25, -0.2) is 0 Å². The molecule has 0 bridgehead atoms. The van der Waals surface area contributed by atoms with Crippen molar-refractivity contribution in [3.05, 3.63) is 71.8 Å². The Kier molecular flexibility index (Phi) is 2.61. The summed E-state index contributed by atoms with van der Waals surface area (Å²) in [7, 11) is 0. The van der Waals surface area contributed by atoms with Crippen molar-refractivity contribution in [1.29, 1.82) is 0 Å². The average molecular weight is 271 g/mol. The molecule has 0 unspecified atom stereocenters. The molecule has 0 aliphatic carbocycles. The summed E-state index contributed by atoms with van der Waals surface area (Å²) in [5.41, 5.74) is 3.94. The number of benzene rings is 3. The van der Waals surface area contributed by atoms with Crippen molar-refractivity contribution in [2.24, 2.45) is 4.99 Å². The molecule has 1 aliphatic rings. The van der Waals surface area contributed by atoms with Gasteiger partial charge in [0.05, 0.1) is 5.69 Å². The van der Waals surface area contributed by atoms with Crippen molar-refractivity contribution < 1.29 is 5.11 Å². The van der Waals surface area contributed by atoms with Crippen LogP contribution in [0.2, 0.25) is 0 Å². The molecule has 21 heavy (non-hydrogen) atoms. The van der Waals surface area contributed by atoms with Crippen LogP contribution in [0.5, 0.6) is 5.75 Å². The average Bonchev–Trinajstić information content (AvgIpc) is 2.93. The van der Waals surface area contributed by atoms with Crippen LogP contribution in [0, 0.1) is 0 Å². The predicted octanol–water partition coefficient (Wildman–Crippen LogP) is 4.80. The Balaban J connectivity index is 1.95. The van der Waals surface area contributed by atoms with Gasteiger partial charge in [-0.3, -0.25) is 4.99 Å². The lowest BCUT2D eigenvalue weighted by molar-refractivity contribution is 0.475. The lowest BCUT2D eigenvalue weighted by Gasteiger charge is -2.06. The molecule has 0 saturated carbocycles. The van der Waals surface area contributed by atoms with Crippen LogP contribution in [-0.4, -0.2) is 11.3 Å². The van der Waals surface area contributed by atoms with Crippen LogP contribution in [0.15, 0.2) is 65.7 Å². The van der Waals surface area contributed by atoms with Gasteiger partial charge in [-0.2, -0.15) is 0 Å². The number of phenols is 1. The second kappa shape index (κ2) is 4.60. The number of aromatic hydroxyl groups is 1. The largest absolute Gasteiger partial charge is 0.507 e. The molecule has 0 aromatic heterocycles. The summed E-state index contributed by atoms with van der Waals surface area (Å²) in [6.07, 6.45) is 3.86. The van der Waals surface area contributed by atoms with E-state index < -0.39 is 0 Å². The van der Waals surface area contributed by atoms with Crippen LogP contribution in [0.3, 0.4) is 0 Å². The van der Waals surface area contributed by atoms with E-state index in [2.05, 4.69) is 11.1 Å². The highest BCUT2D eigenvalue weighted by molar-refractivity contribution is 6.22. The first-order valence-corrected chi connectivity index (χ1v) is 6.89. The molecule has 0 fully saturated rings. The summed E-state index contributed by atoms with van der Waals surface area (Å²) in [6, 6.07) is 19.8. The van der Waals surface area contributed by atoms with Crippen LogP contribution in [0.25, 0.3) is 22.4 Å². The zero-order chi connectivity index (χ0) is 14.2. The van der Waals surface area contributed by atoms with E-state index in [9.17, 15) is 5.11 Å².